The first-order chi connectivity index (χ1) is 14.6. The number of hydrogen-bond acceptors (Lipinski definition) is 7. The first-order valence-corrected chi connectivity index (χ1v) is 10.1. The average Bonchev–Trinajstić information content (AvgIpc) is 3.23. The summed E-state index contributed by atoms with van der Waals surface area (Å²) in [7, 11) is 0. The number of benzene rings is 2. The lowest BCUT2D eigenvalue weighted by Crippen LogP contribution is -2.26. The molecular weight excluding hydrogens is 452 g/mol. The van der Waals surface area contributed by atoms with Gasteiger partial charge >= 0.3 is 5.97 Å². The minimum absolute atomic E-state index is 0.0744. The average molecular weight is 469 g/mol. The number of nitrogens with zero attached hydrogens (tertiary/aromatic N) is 4. The van der Waals surface area contributed by atoms with Crippen molar-refractivity contribution in [3.05, 3.63) is 74.9 Å². The van der Waals surface area contributed by atoms with Gasteiger partial charge in [-0.2, -0.15) is 10.1 Å². The SMILES string of the molecule is CCCn1nc(C(=O)OCc2nc(-c3cccc(Br)c3)no2)c2ccccc2c1=O. The molecule has 2 aromatic carbocycles. The fourth-order valence-corrected chi connectivity index (χ4v) is 3.40. The van der Waals surface area contributed by atoms with Gasteiger partial charge in [0.1, 0.15) is 0 Å². The Morgan fingerprint density at radius 1 is 1.17 bits per heavy atom. The van der Waals surface area contributed by atoms with Crippen LogP contribution in [0.2, 0.25) is 0 Å². The zero-order valence-corrected chi connectivity index (χ0v) is 17.6. The van der Waals surface area contributed by atoms with E-state index in [4.69, 9.17) is 9.26 Å². The number of aromatic nitrogens is 4. The van der Waals surface area contributed by atoms with E-state index in [1.165, 1.54) is 4.68 Å². The van der Waals surface area contributed by atoms with Crippen LogP contribution in [0.4, 0.5) is 0 Å². The molecule has 0 saturated heterocycles. The standard InChI is InChI=1S/C21H17BrN4O4/c1-2-10-26-20(27)16-9-4-3-8-15(16)18(24-26)21(28)29-12-17-23-19(25-30-17)13-6-5-7-14(22)11-13/h3-9,11H,2,10,12H2,1H3. The zero-order valence-electron chi connectivity index (χ0n) is 16.0. The van der Waals surface area contributed by atoms with Crippen LogP contribution in [-0.2, 0) is 17.9 Å². The predicted octanol–water partition coefficient (Wildman–Crippen LogP) is 3.98. The van der Waals surface area contributed by atoms with E-state index in [1.807, 2.05) is 31.2 Å². The van der Waals surface area contributed by atoms with Crippen molar-refractivity contribution in [1.29, 1.82) is 0 Å². The second kappa shape index (κ2) is 8.58. The topological polar surface area (TPSA) is 100 Å². The first-order valence-electron chi connectivity index (χ1n) is 9.32. The van der Waals surface area contributed by atoms with Gasteiger partial charge in [-0.15, -0.1) is 0 Å². The van der Waals surface area contributed by atoms with E-state index in [2.05, 4.69) is 31.2 Å². The third-order valence-electron chi connectivity index (χ3n) is 4.37. The molecule has 0 N–H and O–H groups in total. The monoisotopic (exact) mass is 468 g/mol. The van der Waals surface area contributed by atoms with E-state index in [9.17, 15) is 9.59 Å². The summed E-state index contributed by atoms with van der Waals surface area (Å²) in [6.45, 7) is 2.13. The van der Waals surface area contributed by atoms with Gasteiger partial charge in [0.25, 0.3) is 11.4 Å². The van der Waals surface area contributed by atoms with Crippen LogP contribution >= 0.6 is 15.9 Å². The number of esters is 1. The molecule has 8 nitrogen and oxygen atoms in total. The number of ether oxygens (including phenoxy) is 1. The predicted molar refractivity (Wildman–Crippen MR) is 113 cm³/mol. The lowest BCUT2D eigenvalue weighted by atomic mass is 10.1. The Morgan fingerprint density at radius 3 is 2.73 bits per heavy atom. The molecule has 30 heavy (non-hydrogen) atoms. The lowest BCUT2D eigenvalue weighted by Gasteiger charge is -2.09. The maximum Gasteiger partial charge on any atom is 0.359 e. The van der Waals surface area contributed by atoms with Crippen molar-refractivity contribution >= 4 is 32.7 Å². The number of carbonyl (C=O) groups excluding carboxylic acids is 1. The molecule has 4 aromatic rings. The van der Waals surface area contributed by atoms with Crippen molar-refractivity contribution in [2.75, 3.05) is 0 Å². The van der Waals surface area contributed by atoms with Crippen LogP contribution < -0.4 is 5.56 Å². The maximum atomic E-state index is 12.7. The van der Waals surface area contributed by atoms with Crippen LogP contribution in [0.5, 0.6) is 0 Å². The van der Waals surface area contributed by atoms with Crippen LogP contribution in [-0.4, -0.2) is 25.9 Å². The molecule has 0 aliphatic rings. The van der Waals surface area contributed by atoms with Gasteiger partial charge in [-0.1, -0.05) is 58.3 Å². The fourth-order valence-electron chi connectivity index (χ4n) is 3.00. The maximum absolute atomic E-state index is 12.7. The minimum atomic E-state index is -0.668. The van der Waals surface area contributed by atoms with Gasteiger partial charge in [-0.05, 0) is 24.6 Å². The molecule has 9 heteroatoms. The summed E-state index contributed by atoms with van der Waals surface area (Å²) < 4.78 is 12.7. The van der Waals surface area contributed by atoms with Crippen molar-refractivity contribution in [2.24, 2.45) is 0 Å². The number of carbonyl (C=O) groups is 1. The molecule has 0 spiro atoms. The quantitative estimate of drug-likeness (QED) is 0.394. The molecule has 152 valence electrons. The molecule has 0 amide bonds. The summed E-state index contributed by atoms with van der Waals surface area (Å²) in [6.07, 6.45) is 0.708. The summed E-state index contributed by atoms with van der Waals surface area (Å²) in [4.78, 5) is 29.5. The van der Waals surface area contributed by atoms with Crippen LogP contribution in [0.3, 0.4) is 0 Å². The van der Waals surface area contributed by atoms with Crippen LogP contribution in [0.25, 0.3) is 22.2 Å². The van der Waals surface area contributed by atoms with Gasteiger partial charge in [0, 0.05) is 22.0 Å². The second-order valence-corrected chi connectivity index (χ2v) is 7.44. The first kappa shape index (κ1) is 20.0. The summed E-state index contributed by atoms with van der Waals surface area (Å²) in [5.41, 5.74) is 0.606. The zero-order chi connectivity index (χ0) is 21.1. The largest absolute Gasteiger partial charge is 0.451 e. The lowest BCUT2D eigenvalue weighted by molar-refractivity contribution is 0.0422. The van der Waals surface area contributed by atoms with Gasteiger partial charge in [-0.25, -0.2) is 9.48 Å². The van der Waals surface area contributed by atoms with Crippen molar-refractivity contribution in [3.63, 3.8) is 0 Å². The van der Waals surface area contributed by atoms with Gasteiger partial charge in [0.15, 0.2) is 12.3 Å². The van der Waals surface area contributed by atoms with E-state index < -0.39 is 5.97 Å². The molecule has 0 saturated carbocycles. The molecule has 0 unspecified atom stereocenters. The second-order valence-electron chi connectivity index (χ2n) is 6.52. The molecular formula is C21H17BrN4O4. The summed E-state index contributed by atoms with van der Waals surface area (Å²) in [5, 5.41) is 9.01. The summed E-state index contributed by atoms with van der Waals surface area (Å²) in [6, 6.07) is 14.3. The number of hydrogen-bond donors (Lipinski definition) is 0. The molecule has 0 aliphatic carbocycles. The molecule has 0 fully saturated rings. The van der Waals surface area contributed by atoms with E-state index in [1.54, 1.807) is 24.3 Å². The molecule has 0 atom stereocenters. The molecule has 0 aliphatic heterocycles. The Balaban J connectivity index is 1.57. The Bertz CT molecular complexity index is 1280. The van der Waals surface area contributed by atoms with Gasteiger partial charge in [-0.3, -0.25) is 4.79 Å². The summed E-state index contributed by atoms with van der Waals surface area (Å²) in [5.74, 6) is -0.120. The Morgan fingerprint density at radius 2 is 1.97 bits per heavy atom. The highest BCUT2D eigenvalue weighted by atomic mass is 79.9. The van der Waals surface area contributed by atoms with Crippen LogP contribution in [0, 0.1) is 0 Å². The van der Waals surface area contributed by atoms with E-state index in [-0.39, 0.29) is 23.8 Å². The third-order valence-corrected chi connectivity index (χ3v) is 4.87. The molecule has 2 aromatic heterocycles. The molecule has 4 rings (SSSR count). The normalized spacial score (nSPS) is 11.0. The third kappa shape index (κ3) is 4.02. The molecule has 0 bridgehead atoms. The molecule has 2 heterocycles. The number of aryl methyl sites for hydroxylation is 1. The summed E-state index contributed by atoms with van der Waals surface area (Å²) >= 11 is 3.40. The van der Waals surface area contributed by atoms with Crippen molar-refractivity contribution in [2.45, 2.75) is 26.5 Å². The van der Waals surface area contributed by atoms with E-state index in [0.717, 1.165) is 10.0 Å². The van der Waals surface area contributed by atoms with Crippen molar-refractivity contribution in [1.82, 2.24) is 19.9 Å². The minimum Gasteiger partial charge on any atom is -0.451 e. The Kier molecular flexibility index (Phi) is 5.71. The van der Waals surface area contributed by atoms with Gasteiger partial charge in [0.2, 0.25) is 5.82 Å². The number of halogens is 1. The van der Waals surface area contributed by atoms with E-state index >= 15 is 0 Å². The highest BCUT2D eigenvalue weighted by Crippen LogP contribution is 2.21. The smallest absolute Gasteiger partial charge is 0.359 e. The Hall–Kier alpha value is -3.33. The Labute approximate surface area is 179 Å². The van der Waals surface area contributed by atoms with Crippen molar-refractivity contribution in [3.8, 4) is 11.4 Å². The number of rotatable bonds is 6. The van der Waals surface area contributed by atoms with Gasteiger partial charge in [0.05, 0.1) is 5.39 Å². The fraction of sp³-hybridized carbons (Fsp3) is 0.190. The van der Waals surface area contributed by atoms with E-state index in [0.29, 0.717) is 29.6 Å². The van der Waals surface area contributed by atoms with Crippen LogP contribution in [0.1, 0.15) is 29.7 Å². The highest BCUT2D eigenvalue weighted by Gasteiger charge is 2.19. The highest BCUT2D eigenvalue weighted by molar-refractivity contribution is 9.10. The number of fused-ring (bicyclic) bond motifs is 1. The van der Waals surface area contributed by atoms with Gasteiger partial charge < -0.3 is 9.26 Å². The van der Waals surface area contributed by atoms with Crippen molar-refractivity contribution < 1.29 is 14.1 Å². The van der Waals surface area contributed by atoms with Crippen LogP contribution in [0.15, 0.2) is 62.3 Å². The molecule has 0 radical (unpaired) electrons.